The summed E-state index contributed by atoms with van der Waals surface area (Å²) in [4.78, 5) is 16.0. The number of hydrogen-bond acceptors (Lipinski definition) is 3. The number of para-hydroxylation sites is 1. The van der Waals surface area contributed by atoms with Gasteiger partial charge in [0.05, 0.1) is 29.7 Å². The molecule has 0 aliphatic rings. The van der Waals surface area contributed by atoms with E-state index in [1.165, 1.54) is 0 Å². The van der Waals surface area contributed by atoms with Crippen LogP contribution in [0.3, 0.4) is 0 Å². The molecular weight excluding hydrogens is 328 g/mol. The predicted octanol–water partition coefficient (Wildman–Crippen LogP) is 4.38. The van der Waals surface area contributed by atoms with E-state index in [9.17, 15) is 9.90 Å². The monoisotopic (exact) mass is 346 g/mol. The Morgan fingerprint density at radius 2 is 1.96 bits per heavy atom. The third-order valence-corrected chi connectivity index (χ3v) is 4.76. The molecule has 0 radical (unpaired) electrons. The van der Waals surface area contributed by atoms with Crippen molar-refractivity contribution in [2.75, 3.05) is 7.11 Å². The zero-order valence-corrected chi connectivity index (χ0v) is 14.5. The molecule has 4 rings (SSSR count). The summed E-state index contributed by atoms with van der Waals surface area (Å²) in [5.41, 5.74) is 3.56. The molecule has 0 saturated carbocycles. The normalized spacial score (nSPS) is 12.4. The highest BCUT2D eigenvalue weighted by Crippen LogP contribution is 2.34. The Kier molecular flexibility index (Phi) is 3.84. The van der Waals surface area contributed by atoms with Crippen molar-refractivity contribution < 1.29 is 14.6 Å². The van der Waals surface area contributed by atoms with Gasteiger partial charge in [-0.25, -0.2) is 0 Å². The molecule has 0 fully saturated rings. The van der Waals surface area contributed by atoms with Gasteiger partial charge in [-0.15, -0.1) is 0 Å². The molecule has 2 heterocycles. The largest absolute Gasteiger partial charge is 0.497 e. The second kappa shape index (κ2) is 6.19. The smallest absolute Gasteiger partial charge is 0.310 e. The summed E-state index contributed by atoms with van der Waals surface area (Å²) in [5.74, 6) is -0.779. The molecule has 1 atom stereocenters. The molecule has 5 heteroatoms. The van der Waals surface area contributed by atoms with Crippen molar-refractivity contribution in [1.82, 2.24) is 9.55 Å². The van der Waals surface area contributed by atoms with Crippen LogP contribution in [0.4, 0.5) is 0 Å². The average molecular weight is 346 g/mol. The minimum atomic E-state index is -0.855. The molecule has 1 unspecified atom stereocenters. The van der Waals surface area contributed by atoms with Crippen LogP contribution in [0.5, 0.6) is 5.75 Å². The standard InChI is InChI=1S/C21H18N2O3/c1-13(21(24)25)17-12-23(19-8-7-14(26-2)11-16(17)19)20-9-10-22-18-6-4-3-5-15(18)20/h3-13H,1-2H3,(H,24,25). The summed E-state index contributed by atoms with van der Waals surface area (Å²) >= 11 is 0. The van der Waals surface area contributed by atoms with E-state index in [1.54, 1.807) is 20.2 Å². The van der Waals surface area contributed by atoms with Gasteiger partial charge in [0, 0.05) is 23.2 Å². The summed E-state index contributed by atoms with van der Waals surface area (Å²) in [6.45, 7) is 1.70. The predicted molar refractivity (Wildman–Crippen MR) is 101 cm³/mol. The van der Waals surface area contributed by atoms with Gasteiger partial charge < -0.3 is 14.4 Å². The first-order chi connectivity index (χ1) is 12.6. The first kappa shape index (κ1) is 16.1. The SMILES string of the molecule is COc1ccc2c(c1)c(C(C)C(=O)O)cn2-c1ccnc2ccccc12. The fourth-order valence-electron chi connectivity index (χ4n) is 3.33. The van der Waals surface area contributed by atoms with E-state index in [0.29, 0.717) is 5.75 Å². The van der Waals surface area contributed by atoms with Crippen molar-refractivity contribution in [3.05, 3.63) is 66.5 Å². The Morgan fingerprint density at radius 3 is 2.73 bits per heavy atom. The third kappa shape index (κ3) is 2.49. The summed E-state index contributed by atoms with van der Waals surface area (Å²) in [7, 11) is 1.61. The first-order valence-corrected chi connectivity index (χ1v) is 8.36. The van der Waals surface area contributed by atoms with Crippen LogP contribution in [0.2, 0.25) is 0 Å². The summed E-state index contributed by atoms with van der Waals surface area (Å²) in [5, 5.41) is 11.4. The maximum atomic E-state index is 11.6. The topological polar surface area (TPSA) is 64.3 Å². The molecule has 0 bridgehead atoms. The van der Waals surface area contributed by atoms with E-state index in [2.05, 4.69) is 4.98 Å². The Hall–Kier alpha value is -3.34. The zero-order valence-electron chi connectivity index (χ0n) is 14.5. The number of benzene rings is 2. The summed E-state index contributed by atoms with van der Waals surface area (Å²) in [6, 6.07) is 15.6. The fourth-order valence-corrected chi connectivity index (χ4v) is 3.33. The van der Waals surface area contributed by atoms with Crippen LogP contribution < -0.4 is 4.74 Å². The molecule has 0 saturated heterocycles. The maximum Gasteiger partial charge on any atom is 0.310 e. The lowest BCUT2D eigenvalue weighted by atomic mass is 10.0. The quantitative estimate of drug-likeness (QED) is 0.596. The van der Waals surface area contributed by atoms with Gasteiger partial charge in [-0.05, 0) is 42.8 Å². The van der Waals surface area contributed by atoms with E-state index in [4.69, 9.17) is 4.74 Å². The van der Waals surface area contributed by atoms with Crippen LogP contribution in [0.15, 0.2) is 60.9 Å². The molecule has 5 nitrogen and oxygen atoms in total. The van der Waals surface area contributed by atoms with Crippen LogP contribution in [0, 0.1) is 0 Å². The lowest BCUT2D eigenvalue weighted by Gasteiger charge is -2.09. The number of ether oxygens (including phenoxy) is 1. The minimum Gasteiger partial charge on any atom is -0.497 e. The number of carbonyl (C=O) groups is 1. The summed E-state index contributed by atoms with van der Waals surface area (Å²) < 4.78 is 7.37. The van der Waals surface area contributed by atoms with Crippen LogP contribution in [0.1, 0.15) is 18.4 Å². The first-order valence-electron chi connectivity index (χ1n) is 8.36. The van der Waals surface area contributed by atoms with Crippen LogP contribution in [0.25, 0.3) is 27.5 Å². The van der Waals surface area contributed by atoms with E-state index < -0.39 is 11.9 Å². The minimum absolute atomic E-state index is 0.626. The number of methoxy groups -OCH3 is 1. The number of carboxylic acid groups (broad SMARTS) is 1. The molecule has 130 valence electrons. The van der Waals surface area contributed by atoms with Crippen molar-refractivity contribution in [2.24, 2.45) is 0 Å². The van der Waals surface area contributed by atoms with Crippen molar-refractivity contribution >= 4 is 27.8 Å². The van der Waals surface area contributed by atoms with E-state index in [-0.39, 0.29) is 0 Å². The Labute approximate surface area is 150 Å². The molecule has 0 spiro atoms. The van der Waals surface area contributed by atoms with Crippen molar-refractivity contribution in [3.63, 3.8) is 0 Å². The Morgan fingerprint density at radius 1 is 1.15 bits per heavy atom. The number of hydrogen-bond donors (Lipinski definition) is 1. The molecule has 2 aromatic carbocycles. The third-order valence-electron chi connectivity index (χ3n) is 4.76. The zero-order chi connectivity index (χ0) is 18.3. The van der Waals surface area contributed by atoms with E-state index in [1.807, 2.05) is 59.3 Å². The number of pyridine rings is 1. The second-order valence-corrected chi connectivity index (χ2v) is 6.24. The molecular formula is C21H18N2O3. The number of rotatable bonds is 4. The van der Waals surface area contributed by atoms with Crippen LogP contribution in [-0.2, 0) is 4.79 Å². The van der Waals surface area contributed by atoms with Gasteiger partial charge in [-0.1, -0.05) is 18.2 Å². The van der Waals surface area contributed by atoms with Crippen LogP contribution >= 0.6 is 0 Å². The highest BCUT2D eigenvalue weighted by molar-refractivity contribution is 5.95. The second-order valence-electron chi connectivity index (χ2n) is 6.24. The number of carboxylic acids is 1. The number of aliphatic carboxylic acids is 1. The van der Waals surface area contributed by atoms with Gasteiger partial charge >= 0.3 is 5.97 Å². The summed E-state index contributed by atoms with van der Waals surface area (Å²) in [6.07, 6.45) is 3.68. The Bertz CT molecular complexity index is 1130. The van der Waals surface area contributed by atoms with Gasteiger partial charge in [0.1, 0.15) is 5.75 Å². The number of aromatic nitrogens is 2. The van der Waals surface area contributed by atoms with E-state index >= 15 is 0 Å². The number of fused-ring (bicyclic) bond motifs is 2. The fraction of sp³-hybridized carbons (Fsp3) is 0.143. The average Bonchev–Trinajstić information content (AvgIpc) is 3.05. The molecule has 0 aliphatic heterocycles. The van der Waals surface area contributed by atoms with Crippen molar-refractivity contribution in [2.45, 2.75) is 12.8 Å². The van der Waals surface area contributed by atoms with E-state index in [0.717, 1.165) is 33.1 Å². The molecule has 0 amide bonds. The number of nitrogens with zero attached hydrogens (tertiary/aromatic N) is 2. The molecule has 4 aromatic rings. The molecule has 1 N–H and O–H groups in total. The lowest BCUT2D eigenvalue weighted by molar-refractivity contribution is -0.138. The van der Waals surface area contributed by atoms with Gasteiger partial charge in [0.15, 0.2) is 0 Å². The molecule has 26 heavy (non-hydrogen) atoms. The van der Waals surface area contributed by atoms with Crippen molar-refractivity contribution in [3.8, 4) is 11.4 Å². The Balaban J connectivity index is 2.05. The highest BCUT2D eigenvalue weighted by Gasteiger charge is 2.21. The van der Waals surface area contributed by atoms with Gasteiger partial charge in [0.25, 0.3) is 0 Å². The van der Waals surface area contributed by atoms with Crippen LogP contribution in [-0.4, -0.2) is 27.7 Å². The highest BCUT2D eigenvalue weighted by atomic mass is 16.5. The molecule has 2 aromatic heterocycles. The molecule has 0 aliphatic carbocycles. The van der Waals surface area contributed by atoms with Gasteiger partial charge in [-0.3, -0.25) is 9.78 Å². The van der Waals surface area contributed by atoms with Gasteiger partial charge in [0.2, 0.25) is 0 Å². The van der Waals surface area contributed by atoms with Crippen molar-refractivity contribution in [1.29, 1.82) is 0 Å². The maximum absolute atomic E-state index is 11.6. The lowest BCUT2D eigenvalue weighted by Crippen LogP contribution is -2.06. The van der Waals surface area contributed by atoms with Gasteiger partial charge in [-0.2, -0.15) is 0 Å².